The van der Waals surface area contributed by atoms with Crippen LogP contribution in [0.5, 0.6) is 0 Å². The summed E-state index contributed by atoms with van der Waals surface area (Å²) in [5.41, 5.74) is 1.89. The summed E-state index contributed by atoms with van der Waals surface area (Å²) in [4.78, 5) is 7.89. The molecule has 1 N–H and O–H groups in total. The fraction of sp³-hybridized carbons (Fsp3) is 0.381. The van der Waals surface area contributed by atoms with Crippen LogP contribution in [0.2, 0.25) is 5.15 Å². The zero-order chi connectivity index (χ0) is 24.0. The molecule has 1 fully saturated rings. The van der Waals surface area contributed by atoms with Gasteiger partial charge in [-0.1, -0.05) is 24.4 Å². The topological polar surface area (TPSA) is 101 Å². The van der Waals surface area contributed by atoms with Crippen LogP contribution in [0.3, 0.4) is 0 Å². The Morgan fingerprint density at radius 3 is 2.52 bits per heavy atom. The number of alkyl halides is 3. The molecule has 0 aromatic carbocycles. The first-order valence-corrected chi connectivity index (χ1v) is 12.0. The summed E-state index contributed by atoms with van der Waals surface area (Å²) in [5, 5.41) is 10.8. The molecule has 7 nitrogen and oxygen atoms in total. The minimum Gasteiger partial charge on any atom is -0.335 e. The second-order valence-corrected chi connectivity index (χ2v) is 10.0. The highest BCUT2D eigenvalue weighted by Gasteiger charge is 2.39. The lowest BCUT2D eigenvalue weighted by Gasteiger charge is -2.18. The molecule has 1 saturated carbocycles. The summed E-state index contributed by atoms with van der Waals surface area (Å²) in [6.45, 7) is 0.720. The van der Waals surface area contributed by atoms with Gasteiger partial charge in [-0.05, 0) is 38.0 Å². The average molecular weight is 498 g/mol. The van der Waals surface area contributed by atoms with Crippen LogP contribution in [-0.4, -0.2) is 35.2 Å². The molecule has 1 unspecified atom stereocenters. The molecule has 0 spiro atoms. The van der Waals surface area contributed by atoms with E-state index < -0.39 is 27.1 Å². The molecule has 4 rings (SSSR count). The highest BCUT2D eigenvalue weighted by Crippen LogP contribution is 2.41. The smallest absolute Gasteiger partial charge is 0.335 e. The summed E-state index contributed by atoms with van der Waals surface area (Å²) < 4.78 is 66.8. The normalized spacial score (nSPS) is 16.2. The van der Waals surface area contributed by atoms with Crippen molar-refractivity contribution in [1.82, 2.24) is 19.3 Å². The van der Waals surface area contributed by atoms with Gasteiger partial charge in [-0.25, -0.2) is 13.4 Å². The van der Waals surface area contributed by atoms with Crippen LogP contribution in [0, 0.1) is 11.3 Å². The van der Waals surface area contributed by atoms with Crippen LogP contribution in [-0.2, 0) is 10.0 Å². The number of rotatable bonds is 5. The molecular weight excluding hydrogens is 479 g/mol. The number of hydrogen-bond acceptors (Lipinski definition) is 5. The van der Waals surface area contributed by atoms with E-state index in [1.54, 1.807) is 10.8 Å². The number of nitriles is 1. The van der Waals surface area contributed by atoms with Crippen molar-refractivity contribution >= 4 is 32.5 Å². The Morgan fingerprint density at radius 2 is 1.94 bits per heavy atom. The Balaban J connectivity index is 1.81. The highest BCUT2D eigenvalue weighted by molar-refractivity contribution is 7.89. The molecule has 1 aliphatic rings. The number of fused-ring (bicyclic) bond motifs is 1. The average Bonchev–Trinajstić information content (AvgIpc) is 3.38. The molecule has 1 atom stereocenters. The minimum absolute atomic E-state index is 0.0996. The van der Waals surface area contributed by atoms with Gasteiger partial charge in [0.15, 0.2) is 0 Å². The van der Waals surface area contributed by atoms with E-state index in [-0.39, 0.29) is 11.2 Å². The van der Waals surface area contributed by atoms with Crippen LogP contribution >= 0.6 is 11.6 Å². The molecule has 0 radical (unpaired) electrons. The maximum atomic E-state index is 12.8. The van der Waals surface area contributed by atoms with Gasteiger partial charge in [0.25, 0.3) is 0 Å². The largest absolute Gasteiger partial charge is 0.404 e. The quantitative estimate of drug-likeness (QED) is 0.502. The standard InChI is InChI=1S/C21H19ClF3N5O2S/c1-12(21(23,24)25)29-33(31,32)14-6-7-17(27-10-14)20-15(9-26)16-11-28-19(22)8-18(16)30(20)13-4-2-3-5-13/h6-8,10-13,29H,2-5H2,1H3. The van der Waals surface area contributed by atoms with E-state index >= 15 is 0 Å². The molecule has 3 heterocycles. The van der Waals surface area contributed by atoms with Crippen molar-refractivity contribution < 1.29 is 21.6 Å². The van der Waals surface area contributed by atoms with Crippen molar-refractivity contribution in [3.63, 3.8) is 0 Å². The van der Waals surface area contributed by atoms with E-state index in [2.05, 4.69) is 16.0 Å². The Hall–Kier alpha value is -2.68. The van der Waals surface area contributed by atoms with Crippen molar-refractivity contribution in [1.29, 1.82) is 5.26 Å². The van der Waals surface area contributed by atoms with E-state index in [1.165, 1.54) is 18.3 Å². The van der Waals surface area contributed by atoms with Crippen molar-refractivity contribution in [2.24, 2.45) is 0 Å². The van der Waals surface area contributed by atoms with Gasteiger partial charge in [0, 0.05) is 23.8 Å². The monoisotopic (exact) mass is 497 g/mol. The van der Waals surface area contributed by atoms with Gasteiger partial charge >= 0.3 is 6.18 Å². The summed E-state index contributed by atoms with van der Waals surface area (Å²) >= 11 is 6.12. The van der Waals surface area contributed by atoms with Gasteiger partial charge in [-0.3, -0.25) is 4.98 Å². The molecule has 174 valence electrons. The summed E-state index contributed by atoms with van der Waals surface area (Å²) in [6.07, 6.45) is 1.63. The number of pyridine rings is 2. The molecule has 33 heavy (non-hydrogen) atoms. The van der Waals surface area contributed by atoms with Crippen molar-refractivity contribution in [3.05, 3.63) is 41.3 Å². The summed E-state index contributed by atoms with van der Waals surface area (Å²) in [6, 6.07) is 4.28. The Kier molecular flexibility index (Phi) is 6.11. The minimum atomic E-state index is -4.72. The number of aromatic nitrogens is 3. The van der Waals surface area contributed by atoms with Crippen LogP contribution in [0.4, 0.5) is 13.2 Å². The Morgan fingerprint density at radius 1 is 1.24 bits per heavy atom. The number of nitrogens with zero attached hydrogens (tertiary/aromatic N) is 4. The Bertz CT molecular complexity index is 1340. The fourth-order valence-corrected chi connectivity index (χ4v) is 5.46. The SMILES string of the molecule is CC(NS(=O)(=O)c1ccc(-c2c(C#N)c3cnc(Cl)cc3n2C2CCCC2)nc1)C(F)(F)F. The molecule has 3 aromatic rings. The molecule has 0 bridgehead atoms. The molecule has 0 saturated heterocycles. The fourth-order valence-electron chi connectivity index (χ4n) is 4.13. The second kappa shape index (κ2) is 8.59. The van der Waals surface area contributed by atoms with Gasteiger partial charge in [0.1, 0.15) is 22.2 Å². The lowest BCUT2D eigenvalue weighted by Crippen LogP contribution is -2.42. The van der Waals surface area contributed by atoms with E-state index in [0.717, 1.165) is 44.3 Å². The van der Waals surface area contributed by atoms with Crippen LogP contribution in [0.25, 0.3) is 22.3 Å². The van der Waals surface area contributed by atoms with Crippen LogP contribution in [0.1, 0.15) is 44.2 Å². The first kappa shape index (κ1) is 23.5. The first-order chi connectivity index (χ1) is 15.5. The van der Waals surface area contributed by atoms with Crippen LogP contribution < -0.4 is 4.72 Å². The molecule has 0 amide bonds. The van der Waals surface area contributed by atoms with Gasteiger partial charge in [-0.15, -0.1) is 0 Å². The molecule has 12 heteroatoms. The van der Waals surface area contributed by atoms with E-state index in [1.807, 2.05) is 4.57 Å². The maximum absolute atomic E-state index is 12.8. The molecule has 0 aliphatic heterocycles. The third-order valence-corrected chi connectivity index (χ3v) is 7.50. The lowest BCUT2D eigenvalue weighted by molar-refractivity contribution is -0.147. The van der Waals surface area contributed by atoms with E-state index in [9.17, 15) is 26.9 Å². The van der Waals surface area contributed by atoms with Gasteiger partial charge < -0.3 is 4.57 Å². The highest BCUT2D eigenvalue weighted by atomic mass is 35.5. The molecule has 3 aromatic heterocycles. The number of hydrogen-bond donors (Lipinski definition) is 1. The van der Waals surface area contributed by atoms with E-state index in [4.69, 9.17) is 11.6 Å². The second-order valence-electron chi connectivity index (χ2n) is 7.93. The molecule has 1 aliphatic carbocycles. The lowest BCUT2D eigenvalue weighted by atomic mass is 10.1. The predicted octanol–water partition coefficient (Wildman–Crippen LogP) is 4.97. The predicted molar refractivity (Wildman–Crippen MR) is 116 cm³/mol. The zero-order valence-corrected chi connectivity index (χ0v) is 19.0. The van der Waals surface area contributed by atoms with Crippen molar-refractivity contribution in [2.75, 3.05) is 0 Å². The number of halogens is 4. The van der Waals surface area contributed by atoms with Crippen molar-refractivity contribution in [3.8, 4) is 17.5 Å². The van der Waals surface area contributed by atoms with Crippen molar-refractivity contribution in [2.45, 2.75) is 55.8 Å². The van der Waals surface area contributed by atoms with Gasteiger partial charge in [0.05, 0.1) is 22.5 Å². The molecular formula is C21H19ClF3N5O2S. The first-order valence-electron chi connectivity index (χ1n) is 10.2. The summed E-state index contributed by atoms with van der Waals surface area (Å²) in [7, 11) is -4.45. The third kappa shape index (κ3) is 4.43. The maximum Gasteiger partial charge on any atom is 0.404 e. The van der Waals surface area contributed by atoms with E-state index in [0.29, 0.717) is 22.3 Å². The third-order valence-electron chi connectivity index (χ3n) is 5.77. The number of sulfonamides is 1. The van der Waals surface area contributed by atoms with Crippen LogP contribution in [0.15, 0.2) is 35.5 Å². The van der Waals surface area contributed by atoms with Gasteiger partial charge in [0.2, 0.25) is 10.0 Å². The van der Waals surface area contributed by atoms with Gasteiger partial charge in [-0.2, -0.15) is 23.2 Å². The Labute approximate surface area is 193 Å². The number of nitrogens with one attached hydrogen (secondary N) is 1. The zero-order valence-electron chi connectivity index (χ0n) is 17.4. The summed E-state index contributed by atoms with van der Waals surface area (Å²) in [5.74, 6) is 0.